The molecular formula is C11H24N2. The highest BCUT2D eigenvalue weighted by Crippen LogP contribution is 2.10. The Morgan fingerprint density at radius 2 is 2.15 bits per heavy atom. The lowest BCUT2D eigenvalue weighted by molar-refractivity contribution is 0.317. The normalized spacial score (nSPS) is 24.7. The number of nitrogens with one attached hydrogen (secondary N) is 1. The van der Waals surface area contributed by atoms with Crippen molar-refractivity contribution < 1.29 is 0 Å². The molecule has 1 fully saturated rings. The third-order valence-electron chi connectivity index (χ3n) is 3.06. The van der Waals surface area contributed by atoms with Gasteiger partial charge >= 0.3 is 0 Å². The van der Waals surface area contributed by atoms with E-state index < -0.39 is 0 Å². The van der Waals surface area contributed by atoms with Crippen LogP contribution in [0, 0.1) is 0 Å². The second-order valence-electron chi connectivity index (χ2n) is 4.18. The molecule has 1 rings (SSSR count). The number of nitrogens with zero attached hydrogens (tertiary/aromatic N) is 1. The first-order valence-corrected chi connectivity index (χ1v) is 5.75. The van der Waals surface area contributed by atoms with E-state index in [-0.39, 0.29) is 0 Å². The van der Waals surface area contributed by atoms with Crippen molar-refractivity contribution in [3.05, 3.63) is 0 Å². The highest BCUT2D eigenvalue weighted by Gasteiger charge is 2.11. The van der Waals surface area contributed by atoms with E-state index in [0.717, 1.165) is 6.04 Å². The fourth-order valence-electron chi connectivity index (χ4n) is 1.88. The highest BCUT2D eigenvalue weighted by molar-refractivity contribution is 4.71. The van der Waals surface area contributed by atoms with Gasteiger partial charge in [0.2, 0.25) is 0 Å². The Kier molecular flexibility index (Phi) is 5.40. The molecule has 1 saturated heterocycles. The molecule has 1 aliphatic rings. The van der Waals surface area contributed by atoms with Gasteiger partial charge in [0.05, 0.1) is 0 Å². The summed E-state index contributed by atoms with van der Waals surface area (Å²) in [6, 6.07) is 0.788. The summed E-state index contributed by atoms with van der Waals surface area (Å²) in [5, 5.41) is 3.63. The second-order valence-corrected chi connectivity index (χ2v) is 4.18. The molecule has 0 amide bonds. The van der Waals surface area contributed by atoms with Crippen molar-refractivity contribution in [2.75, 3.05) is 26.7 Å². The molecule has 0 aromatic rings. The Morgan fingerprint density at radius 1 is 1.31 bits per heavy atom. The van der Waals surface area contributed by atoms with Gasteiger partial charge in [-0.25, -0.2) is 0 Å². The lowest BCUT2D eigenvalue weighted by Crippen LogP contribution is -2.32. The largest absolute Gasteiger partial charge is 0.314 e. The van der Waals surface area contributed by atoms with Crippen molar-refractivity contribution in [2.24, 2.45) is 0 Å². The summed E-state index contributed by atoms with van der Waals surface area (Å²) in [6.45, 7) is 5.88. The first kappa shape index (κ1) is 11.0. The molecule has 1 N–H and O–H groups in total. The topological polar surface area (TPSA) is 15.3 Å². The lowest BCUT2D eigenvalue weighted by Gasteiger charge is -2.19. The zero-order valence-electron chi connectivity index (χ0n) is 9.18. The van der Waals surface area contributed by atoms with E-state index >= 15 is 0 Å². The van der Waals surface area contributed by atoms with E-state index in [0.29, 0.717) is 0 Å². The summed E-state index contributed by atoms with van der Waals surface area (Å²) in [5.74, 6) is 0. The van der Waals surface area contributed by atoms with Crippen LogP contribution in [0.4, 0.5) is 0 Å². The maximum absolute atomic E-state index is 3.63. The van der Waals surface area contributed by atoms with Crippen LogP contribution in [0.2, 0.25) is 0 Å². The summed E-state index contributed by atoms with van der Waals surface area (Å²) in [4.78, 5) is 2.40. The first-order chi connectivity index (χ1) is 6.33. The van der Waals surface area contributed by atoms with E-state index in [1.54, 1.807) is 0 Å². The number of hydrogen-bond acceptors (Lipinski definition) is 2. The van der Waals surface area contributed by atoms with Gasteiger partial charge in [-0.15, -0.1) is 0 Å². The van der Waals surface area contributed by atoms with Crippen molar-refractivity contribution in [3.63, 3.8) is 0 Å². The zero-order valence-corrected chi connectivity index (χ0v) is 9.18. The predicted molar refractivity (Wildman–Crippen MR) is 58.0 cm³/mol. The van der Waals surface area contributed by atoms with Gasteiger partial charge in [-0.05, 0) is 45.9 Å². The third kappa shape index (κ3) is 4.63. The van der Waals surface area contributed by atoms with Crippen LogP contribution in [0.1, 0.15) is 39.0 Å². The lowest BCUT2D eigenvalue weighted by atomic mass is 10.1. The van der Waals surface area contributed by atoms with Crippen molar-refractivity contribution in [2.45, 2.75) is 45.1 Å². The zero-order chi connectivity index (χ0) is 9.52. The van der Waals surface area contributed by atoms with Crippen molar-refractivity contribution in [1.82, 2.24) is 10.2 Å². The SMILES string of the molecule is CCN(C)CCC1CCCCCN1. The van der Waals surface area contributed by atoms with E-state index in [9.17, 15) is 0 Å². The molecule has 0 spiro atoms. The van der Waals surface area contributed by atoms with E-state index in [4.69, 9.17) is 0 Å². The molecule has 0 saturated carbocycles. The number of rotatable bonds is 4. The molecule has 1 heterocycles. The van der Waals surface area contributed by atoms with Crippen LogP contribution in [0.15, 0.2) is 0 Å². The van der Waals surface area contributed by atoms with Crippen LogP contribution in [0.25, 0.3) is 0 Å². The van der Waals surface area contributed by atoms with Gasteiger partial charge in [-0.1, -0.05) is 19.8 Å². The van der Waals surface area contributed by atoms with Gasteiger partial charge in [0.15, 0.2) is 0 Å². The molecule has 0 radical (unpaired) electrons. The summed E-state index contributed by atoms with van der Waals surface area (Å²) in [6.07, 6.45) is 6.93. The number of hydrogen-bond donors (Lipinski definition) is 1. The first-order valence-electron chi connectivity index (χ1n) is 5.75. The molecule has 2 nitrogen and oxygen atoms in total. The molecule has 0 aliphatic carbocycles. The Balaban J connectivity index is 2.11. The average molecular weight is 184 g/mol. The van der Waals surface area contributed by atoms with E-state index in [1.165, 1.54) is 51.7 Å². The molecule has 0 aromatic carbocycles. The molecule has 13 heavy (non-hydrogen) atoms. The third-order valence-corrected chi connectivity index (χ3v) is 3.06. The monoisotopic (exact) mass is 184 g/mol. The summed E-state index contributed by atoms with van der Waals surface area (Å²) < 4.78 is 0. The van der Waals surface area contributed by atoms with Crippen molar-refractivity contribution in [3.8, 4) is 0 Å². The second kappa shape index (κ2) is 6.39. The molecule has 1 unspecified atom stereocenters. The molecule has 1 atom stereocenters. The highest BCUT2D eigenvalue weighted by atomic mass is 15.1. The van der Waals surface area contributed by atoms with Crippen molar-refractivity contribution >= 4 is 0 Å². The van der Waals surface area contributed by atoms with Gasteiger partial charge in [-0.3, -0.25) is 0 Å². The predicted octanol–water partition coefficient (Wildman–Crippen LogP) is 1.86. The van der Waals surface area contributed by atoms with Crippen LogP contribution >= 0.6 is 0 Å². The smallest absolute Gasteiger partial charge is 0.00792 e. The molecule has 78 valence electrons. The summed E-state index contributed by atoms with van der Waals surface area (Å²) in [7, 11) is 2.21. The minimum Gasteiger partial charge on any atom is -0.314 e. The van der Waals surface area contributed by atoms with Gasteiger partial charge in [0.1, 0.15) is 0 Å². The van der Waals surface area contributed by atoms with Gasteiger partial charge in [0.25, 0.3) is 0 Å². The van der Waals surface area contributed by atoms with E-state index in [2.05, 4.69) is 24.2 Å². The maximum atomic E-state index is 3.63. The summed E-state index contributed by atoms with van der Waals surface area (Å²) >= 11 is 0. The quantitative estimate of drug-likeness (QED) is 0.717. The Bertz CT molecular complexity index is 117. The molecule has 2 heteroatoms. The van der Waals surface area contributed by atoms with Gasteiger partial charge in [0, 0.05) is 6.04 Å². The van der Waals surface area contributed by atoms with Crippen LogP contribution in [-0.4, -0.2) is 37.6 Å². The van der Waals surface area contributed by atoms with Crippen LogP contribution in [-0.2, 0) is 0 Å². The summed E-state index contributed by atoms with van der Waals surface area (Å²) in [5.41, 5.74) is 0. The fourth-order valence-corrected chi connectivity index (χ4v) is 1.88. The van der Waals surface area contributed by atoms with Crippen LogP contribution in [0.5, 0.6) is 0 Å². The average Bonchev–Trinajstić information content (AvgIpc) is 2.42. The Hall–Kier alpha value is -0.0800. The standard InChI is InChI=1S/C11H24N2/c1-3-13(2)10-8-11-7-5-4-6-9-12-11/h11-12H,3-10H2,1-2H3. The molecule has 1 aliphatic heterocycles. The van der Waals surface area contributed by atoms with Gasteiger partial charge < -0.3 is 10.2 Å². The Morgan fingerprint density at radius 3 is 2.92 bits per heavy atom. The molecule has 0 aromatic heterocycles. The maximum Gasteiger partial charge on any atom is 0.00792 e. The fraction of sp³-hybridized carbons (Fsp3) is 1.00. The van der Waals surface area contributed by atoms with Crippen molar-refractivity contribution in [1.29, 1.82) is 0 Å². The Labute approximate surface area is 82.7 Å². The molecule has 0 bridgehead atoms. The van der Waals surface area contributed by atoms with Crippen LogP contribution < -0.4 is 5.32 Å². The van der Waals surface area contributed by atoms with E-state index in [1.807, 2.05) is 0 Å². The van der Waals surface area contributed by atoms with Crippen LogP contribution in [0.3, 0.4) is 0 Å². The molecular weight excluding hydrogens is 160 g/mol. The minimum atomic E-state index is 0.788. The minimum absolute atomic E-state index is 0.788. The van der Waals surface area contributed by atoms with Gasteiger partial charge in [-0.2, -0.15) is 0 Å².